The molecule has 0 amide bonds. The minimum absolute atomic E-state index is 0.0244. The largest absolute Gasteiger partial charge is 0.488 e. The number of H-pyrrole nitrogens is 1. The van der Waals surface area contributed by atoms with Crippen molar-refractivity contribution in [2.75, 3.05) is 12.1 Å². The van der Waals surface area contributed by atoms with E-state index in [0.29, 0.717) is 28.6 Å². The molecule has 4 aliphatic rings. The number of aliphatic imine (C=N–C) groups is 1. The predicted octanol–water partition coefficient (Wildman–Crippen LogP) is 19.7. The Morgan fingerprint density at radius 2 is 1.01 bits per heavy atom. The molecule has 0 saturated carbocycles. The van der Waals surface area contributed by atoms with Crippen molar-refractivity contribution in [3.05, 3.63) is 245 Å². The van der Waals surface area contributed by atoms with Crippen molar-refractivity contribution in [3.8, 4) is 34.3 Å². The molecule has 7 aromatic heterocycles. The van der Waals surface area contributed by atoms with E-state index < -0.39 is 28.8 Å². The molecule has 2 saturated heterocycles. The number of nitrogens with one attached hydrogen (secondary N) is 2. The molecule has 122 heavy (non-hydrogen) atoms. The van der Waals surface area contributed by atoms with Gasteiger partial charge in [0.05, 0.1) is 78.6 Å². The number of nitrogen functional groups attached to an aromatic ring is 1. The Balaban J connectivity index is 0.000000219. The molecule has 11 heterocycles. The van der Waals surface area contributed by atoms with E-state index in [1.807, 2.05) is 191 Å². The molecule has 4 aliphatic heterocycles. The van der Waals surface area contributed by atoms with Gasteiger partial charge in [-0.1, -0.05) is 13.8 Å². The summed E-state index contributed by atoms with van der Waals surface area (Å²) in [6, 6.07) is 34.1. The Morgan fingerprint density at radius 3 is 1.42 bits per heavy atom. The highest BCUT2D eigenvalue weighted by atomic mass is 79.9. The number of halogens is 5. The third-order valence-electron chi connectivity index (χ3n) is 18.7. The molecular weight excluding hydrogens is 1850 g/mol. The number of alkyl halides is 1. The first-order valence-corrected chi connectivity index (χ1v) is 42.7. The number of fused-ring (bicyclic) bond motifs is 4. The third-order valence-corrected chi connectivity index (χ3v) is 20.7. The summed E-state index contributed by atoms with van der Waals surface area (Å²) < 4.78 is 50.8. The quantitative estimate of drug-likeness (QED) is 0.0317. The van der Waals surface area contributed by atoms with Gasteiger partial charge in [-0.05, 0) is 253 Å². The first-order valence-electron chi connectivity index (χ1n) is 38.7. The maximum atomic E-state index is 11.2. The molecule has 4 N–H and O–H groups in total. The summed E-state index contributed by atoms with van der Waals surface area (Å²) in [6.07, 6.45) is 16.3. The number of aromatic amines is 1. The molecular formula is C84H105B2Br4ClN16O15. The van der Waals surface area contributed by atoms with Gasteiger partial charge >= 0.3 is 14.0 Å². The van der Waals surface area contributed by atoms with Crippen molar-refractivity contribution in [2.24, 2.45) is 26.1 Å². The first-order chi connectivity index (χ1) is 57.3. The Bertz CT molecular complexity index is 5500. The number of nitro benzene ring substituents is 3. The van der Waals surface area contributed by atoms with Gasteiger partial charge in [-0.3, -0.25) is 59.0 Å². The van der Waals surface area contributed by atoms with E-state index in [-0.39, 0.29) is 81.2 Å². The number of aryl methyl sites for hydroxylation is 3. The van der Waals surface area contributed by atoms with Crippen LogP contribution in [0.3, 0.4) is 0 Å². The Kier molecular flexibility index (Phi) is 37.7. The van der Waals surface area contributed by atoms with E-state index in [4.69, 9.17) is 38.6 Å². The number of anilines is 1. The van der Waals surface area contributed by atoms with Crippen molar-refractivity contribution in [2.45, 2.75) is 184 Å². The maximum absolute atomic E-state index is 11.2. The molecule has 0 radical (unpaired) electrons. The summed E-state index contributed by atoms with van der Waals surface area (Å²) in [5.74, 6) is 1.16. The number of nitro groups is 3. The molecule has 38 heteroatoms. The van der Waals surface area contributed by atoms with Crippen LogP contribution in [0.2, 0.25) is 0 Å². The van der Waals surface area contributed by atoms with Gasteiger partial charge in [0.2, 0.25) is 17.3 Å². The van der Waals surface area contributed by atoms with E-state index in [2.05, 4.69) is 116 Å². The molecule has 31 nitrogen and oxygen atoms in total. The number of hydrogen-bond acceptors (Lipinski definition) is 23. The van der Waals surface area contributed by atoms with Crippen LogP contribution in [0.1, 0.15) is 142 Å². The van der Waals surface area contributed by atoms with Crippen LogP contribution in [0.15, 0.2) is 197 Å². The summed E-state index contributed by atoms with van der Waals surface area (Å²) in [5.41, 5.74) is 13.3. The van der Waals surface area contributed by atoms with Crippen LogP contribution in [0.4, 0.5) is 22.7 Å². The number of allylic oxidation sites excluding steroid dienone is 2. The number of nitrogens with zero attached hydrogens (tertiary/aromatic N) is 13. The number of rotatable bonds is 13. The number of ether oxygens (including phenoxy) is 3. The van der Waals surface area contributed by atoms with Crippen LogP contribution in [0.5, 0.6) is 11.8 Å². The number of non-ortho nitro benzene ring substituents is 3. The van der Waals surface area contributed by atoms with Crippen LogP contribution in [0, 0.1) is 30.3 Å². The number of benzene rings is 4. The van der Waals surface area contributed by atoms with Gasteiger partial charge in [-0.25, -0.2) is 9.97 Å². The second kappa shape index (κ2) is 45.5. The zero-order valence-electron chi connectivity index (χ0n) is 72.3. The lowest BCUT2D eigenvalue weighted by Gasteiger charge is -2.32. The predicted molar refractivity (Wildman–Crippen MR) is 498 cm³/mol. The number of dihydropyridines is 1. The lowest BCUT2D eigenvalue weighted by atomic mass is 9.49. The molecule has 0 aliphatic carbocycles. The van der Waals surface area contributed by atoms with E-state index in [0.717, 1.165) is 79.8 Å². The van der Waals surface area contributed by atoms with E-state index in [9.17, 15) is 39.9 Å². The van der Waals surface area contributed by atoms with Crippen molar-refractivity contribution in [1.82, 2.24) is 54.2 Å². The van der Waals surface area contributed by atoms with Gasteiger partial charge in [0, 0.05) is 183 Å². The fourth-order valence-corrected chi connectivity index (χ4v) is 12.8. The summed E-state index contributed by atoms with van der Waals surface area (Å²) >= 11 is 17.7. The van der Waals surface area contributed by atoms with Crippen LogP contribution in [0.25, 0.3) is 55.2 Å². The number of hydrogen-bond donors (Lipinski definition) is 3. The summed E-state index contributed by atoms with van der Waals surface area (Å²) in [4.78, 5) is 67.3. The highest BCUT2D eigenvalue weighted by Gasteiger charge is 2.63. The summed E-state index contributed by atoms with van der Waals surface area (Å²) in [5, 5.41) is 50.6. The van der Waals surface area contributed by atoms with Gasteiger partial charge in [-0.15, -0.1) is 11.6 Å². The van der Waals surface area contributed by atoms with E-state index >= 15 is 0 Å². The Hall–Kier alpha value is -9.82. The minimum Gasteiger partial charge on any atom is -0.475 e. The summed E-state index contributed by atoms with van der Waals surface area (Å²) in [6.45, 7) is 36.7. The lowest BCUT2D eigenvalue weighted by Crippen LogP contribution is -2.41. The van der Waals surface area contributed by atoms with Crippen molar-refractivity contribution in [3.63, 3.8) is 0 Å². The molecule has 0 bridgehead atoms. The second-order valence-electron chi connectivity index (χ2n) is 30.2. The Labute approximate surface area is 748 Å². The average molecular weight is 1960 g/mol. The lowest BCUT2D eigenvalue weighted by molar-refractivity contribution is -0.385. The average Bonchev–Trinajstić information content (AvgIpc) is 1.61. The van der Waals surface area contributed by atoms with Crippen molar-refractivity contribution in [1.29, 1.82) is 0 Å². The molecule has 4 aromatic carbocycles. The van der Waals surface area contributed by atoms with Gasteiger partial charge in [0.25, 0.3) is 22.6 Å². The molecule has 2 fully saturated rings. The van der Waals surface area contributed by atoms with Crippen molar-refractivity contribution < 1.29 is 47.6 Å². The highest BCUT2D eigenvalue weighted by Crippen LogP contribution is 2.43. The van der Waals surface area contributed by atoms with Gasteiger partial charge in [-0.2, -0.15) is 15.3 Å². The summed E-state index contributed by atoms with van der Waals surface area (Å²) in [7, 11) is 4.57. The monoisotopic (exact) mass is 1950 g/mol. The Morgan fingerprint density at radius 1 is 0.566 bits per heavy atom. The highest BCUT2D eigenvalue weighted by molar-refractivity contribution is 9.12. The number of nitrogens with two attached hydrogens (primary N) is 1. The number of pyridine rings is 4. The zero-order chi connectivity index (χ0) is 91.1. The maximum Gasteiger partial charge on any atom is 0.488 e. The molecule has 1 atom stereocenters. The molecule has 0 spiro atoms. The van der Waals surface area contributed by atoms with E-state index in [1.54, 1.807) is 108 Å². The standard InChI is InChI=1S/C16H16N4O3.C16H18N4O.C12H24B2O4.C8H6BrN3O2.C8H12BrNO.C8H10BrNO.C8H6N2O2.C5H4BrNO.C2H6.CH3Cl/c1-10(2)23-15-7-4-11(9-17-15)16-13-8-12(20(21)22)5-6-14(13)19(3)18-16;1-10(2)21-15-7-4-11(9-18-15)16-13-8-12(17)5-6-14(13)20(3)19-16;1-9(2)10(3,4)16-13(15-9)14-17-11(5,6)12(7,8)18-14;1-11-7-3-2-5(12(13)14)4-6(7)8(9)10-11;1-6(2)11-8-4-3-7(9)5-10-8;1-6(2)10-5-7(9)3-4-8(10)11;11-10(12)8-2-1-6-4-9-5-7(6)3-8;6-4-1-2-5(8)7-3-4;2*1-2/h4-10H,1-3H3;4-10H,17H2,1-3H3;1-8H3;2-4H,1H3;3-6,8,10H,1-2H3;3-6H,1-2H3;1-3,5H,4H2;1-3H,(H,7,8);1-2H3;1H3. The van der Waals surface area contributed by atoms with Crippen molar-refractivity contribution >= 4 is 151 Å². The first kappa shape index (κ1) is 101. The molecule has 11 aromatic rings. The van der Waals surface area contributed by atoms with Gasteiger partial charge < -0.3 is 53.4 Å². The second-order valence-corrected chi connectivity index (χ2v) is 33.7. The zero-order valence-corrected chi connectivity index (χ0v) is 79.4. The van der Waals surface area contributed by atoms with Crippen LogP contribution >= 0.6 is 75.3 Å². The van der Waals surface area contributed by atoms with Crippen LogP contribution < -0.4 is 31.6 Å². The minimum atomic E-state index is -0.476. The molecule has 1 unspecified atom stereocenters. The number of aromatic nitrogens is 10. The smallest absolute Gasteiger partial charge is 0.475 e. The SMILES string of the molecule is CC.CC(C)OC1C=CC(Br)=CN1.CC(C)Oc1ccc(-c2nn(C)c3ccc(N)cc23)cn1.CC(C)Oc1ccc(-c2nn(C)c3ccc([N+](=O)[O-])cc23)cn1.CC(C)n1cc(Br)ccc1=O.CC1(C)OB(B2OC(C)(C)C(C)(C)O2)OC1(C)C.CCl.Cn1nc(Br)c2cc([N+](=O)[O-])ccc21.O=[N+]([O-])c1ccc2c(c1)C=NC2.O=c1ccc(Br)c[nH]1. The van der Waals surface area contributed by atoms with Crippen LogP contribution in [-0.4, -0.2) is 137 Å². The fraction of sp³-hybridized carbons (Fsp3) is 0.381. The van der Waals surface area contributed by atoms with Gasteiger partial charge in [0.1, 0.15) is 22.2 Å². The molecule has 15 rings (SSSR count). The topological polar surface area (TPSA) is 379 Å². The third kappa shape index (κ3) is 28.4. The normalized spacial score (nSPS) is 15.0. The molecule has 652 valence electrons. The van der Waals surface area contributed by atoms with E-state index in [1.165, 1.54) is 42.8 Å². The van der Waals surface area contributed by atoms with Crippen LogP contribution in [-0.2, 0) is 51.0 Å². The fourth-order valence-electron chi connectivity index (χ4n) is 11.4. The van der Waals surface area contributed by atoms with Gasteiger partial charge in [0.15, 0.2) is 0 Å².